The zero-order valence-electron chi connectivity index (χ0n) is 15.5. The van der Waals surface area contributed by atoms with Crippen molar-refractivity contribution in [3.63, 3.8) is 0 Å². The monoisotopic (exact) mass is 365 g/mol. The highest BCUT2D eigenvalue weighted by Crippen LogP contribution is 2.22. The lowest BCUT2D eigenvalue weighted by Crippen LogP contribution is -1.97. The van der Waals surface area contributed by atoms with Crippen molar-refractivity contribution in [3.8, 4) is 11.8 Å². The number of allylic oxidation sites excluding steroid dienone is 1. The molecule has 0 spiro atoms. The van der Waals surface area contributed by atoms with Crippen molar-refractivity contribution in [2.24, 2.45) is 0 Å². The van der Waals surface area contributed by atoms with Crippen LogP contribution in [0, 0.1) is 18.3 Å². The molecular formula is C24H19N3O. The van der Waals surface area contributed by atoms with Gasteiger partial charge in [-0.1, -0.05) is 48.5 Å². The van der Waals surface area contributed by atoms with E-state index in [9.17, 15) is 5.26 Å². The van der Waals surface area contributed by atoms with Crippen molar-refractivity contribution in [3.05, 3.63) is 95.3 Å². The summed E-state index contributed by atoms with van der Waals surface area (Å²) in [6, 6.07) is 25.9. The number of rotatable bonds is 5. The second-order valence-corrected chi connectivity index (χ2v) is 6.56. The minimum atomic E-state index is 0.479. The van der Waals surface area contributed by atoms with Gasteiger partial charge in [0.05, 0.1) is 16.6 Å². The van der Waals surface area contributed by atoms with Gasteiger partial charge in [0.2, 0.25) is 0 Å². The standard InChI is InChI=1S/C24H19N3O/c1-17-7-2-3-9-19(17)16-28-21-10-6-8-18(14-21)13-20(15-25)24-26-22-11-4-5-12-23(22)27-24/h2-14H,16H2,1H3,(H,26,27)/b20-13+. The molecule has 1 aromatic heterocycles. The highest BCUT2D eigenvalue weighted by molar-refractivity contribution is 5.90. The Labute approximate surface area is 163 Å². The number of H-pyrrole nitrogens is 1. The maximum absolute atomic E-state index is 9.61. The second kappa shape index (κ2) is 7.81. The largest absolute Gasteiger partial charge is 0.489 e. The Morgan fingerprint density at radius 3 is 2.71 bits per heavy atom. The van der Waals surface area contributed by atoms with Crippen LogP contribution in [0.5, 0.6) is 5.75 Å². The number of hydrogen-bond donors (Lipinski definition) is 1. The van der Waals surface area contributed by atoms with Crippen molar-refractivity contribution in [1.29, 1.82) is 5.26 Å². The molecule has 0 unspecified atom stereocenters. The Morgan fingerprint density at radius 2 is 1.89 bits per heavy atom. The molecule has 4 rings (SSSR count). The normalized spacial score (nSPS) is 11.4. The van der Waals surface area contributed by atoms with Crippen molar-refractivity contribution in [2.75, 3.05) is 0 Å². The van der Waals surface area contributed by atoms with Crippen molar-refractivity contribution in [1.82, 2.24) is 9.97 Å². The SMILES string of the molecule is Cc1ccccc1COc1cccc(/C=C(\C#N)c2nc3ccccc3[nH]2)c1. The predicted molar refractivity (Wildman–Crippen MR) is 112 cm³/mol. The van der Waals surface area contributed by atoms with Crippen LogP contribution in [-0.4, -0.2) is 9.97 Å². The first-order chi connectivity index (χ1) is 13.7. The van der Waals surface area contributed by atoms with E-state index in [0.29, 0.717) is 18.0 Å². The van der Waals surface area contributed by atoms with E-state index >= 15 is 0 Å². The first kappa shape index (κ1) is 17.6. The molecule has 0 bridgehead atoms. The molecule has 4 heteroatoms. The Bertz CT molecular complexity index is 1160. The zero-order chi connectivity index (χ0) is 19.3. The van der Waals surface area contributed by atoms with Gasteiger partial charge in [-0.05, 0) is 54.0 Å². The van der Waals surface area contributed by atoms with Gasteiger partial charge >= 0.3 is 0 Å². The number of para-hydroxylation sites is 2. The lowest BCUT2D eigenvalue weighted by Gasteiger charge is -2.09. The van der Waals surface area contributed by atoms with Crippen LogP contribution >= 0.6 is 0 Å². The summed E-state index contributed by atoms with van der Waals surface area (Å²) in [5, 5.41) is 9.61. The molecule has 0 atom stereocenters. The second-order valence-electron chi connectivity index (χ2n) is 6.56. The summed E-state index contributed by atoms with van der Waals surface area (Å²) in [5.74, 6) is 1.33. The van der Waals surface area contributed by atoms with Gasteiger partial charge < -0.3 is 9.72 Å². The minimum absolute atomic E-state index is 0.479. The number of nitrogens with zero attached hydrogens (tertiary/aromatic N) is 2. The van der Waals surface area contributed by atoms with E-state index in [0.717, 1.165) is 27.9 Å². The number of hydrogen-bond acceptors (Lipinski definition) is 3. The number of nitriles is 1. The molecule has 0 saturated carbocycles. The van der Waals surface area contributed by atoms with Crippen molar-refractivity contribution < 1.29 is 4.74 Å². The Morgan fingerprint density at radius 1 is 1.07 bits per heavy atom. The van der Waals surface area contributed by atoms with Crippen LogP contribution < -0.4 is 4.74 Å². The number of nitrogens with one attached hydrogen (secondary N) is 1. The molecule has 136 valence electrons. The lowest BCUT2D eigenvalue weighted by atomic mass is 10.1. The van der Waals surface area contributed by atoms with Crippen LogP contribution in [0.25, 0.3) is 22.7 Å². The Kier molecular flexibility index (Phi) is 4.90. The third-order valence-electron chi connectivity index (χ3n) is 4.59. The number of aromatic amines is 1. The third kappa shape index (κ3) is 3.79. The number of imidazole rings is 1. The molecular weight excluding hydrogens is 346 g/mol. The van der Waals surface area contributed by atoms with Gasteiger partial charge in [-0.2, -0.15) is 5.26 Å². The first-order valence-electron chi connectivity index (χ1n) is 9.07. The van der Waals surface area contributed by atoms with Crippen LogP contribution in [0.4, 0.5) is 0 Å². The number of ether oxygens (including phenoxy) is 1. The van der Waals surface area contributed by atoms with Crippen LogP contribution in [0.15, 0.2) is 72.8 Å². The van der Waals surface area contributed by atoms with Crippen molar-refractivity contribution >= 4 is 22.7 Å². The lowest BCUT2D eigenvalue weighted by molar-refractivity contribution is 0.305. The van der Waals surface area contributed by atoms with Crippen LogP contribution in [0.2, 0.25) is 0 Å². The molecule has 0 aliphatic heterocycles. The number of fused-ring (bicyclic) bond motifs is 1. The van der Waals surface area contributed by atoms with Gasteiger partial charge in [0, 0.05) is 0 Å². The molecule has 0 aliphatic carbocycles. The van der Waals surface area contributed by atoms with E-state index in [1.807, 2.05) is 66.7 Å². The summed E-state index contributed by atoms with van der Waals surface area (Å²) in [7, 11) is 0. The van der Waals surface area contributed by atoms with Gasteiger partial charge in [0.15, 0.2) is 0 Å². The van der Waals surface area contributed by atoms with E-state index in [2.05, 4.69) is 35.1 Å². The van der Waals surface area contributed by atoms with Gasteiger partial charge in [-0.15, -0.1) is 0 Å². The van der Waals surface area contributed by atoms with E-state index in [4.69, 9.17) is 4.74 Å². The predicted octanol–water partition coefficient (Wildman–Crippen LogP) is 5.51. The van der Waals surface area contributed by atoms with E-state index in [-0.39, 0.29) is 0 Å². The summed E-state index contributed by atoms with van der Waals surface area (Å²) in [4.78, 5) is 7.71. The van der Waals surface area contributed by atoms with E-state index in [1.165, 1.54) is 5.56 Å². The fourth-order valence-corrected chi connectivity index (χ4v) is 3.03. The summed E-state index contributed by atoms with van der Waals surface area (Å²) in [6.45, 7) is 2.58. The number of aryl methyl sites for hydroxylation is 1. The van der Waals surface area contributed by atoms with Crippen LogP contribution in [-0.2, 0) is 6.61 Å². The van der Waals surface area contributed by atoms with Crippen LogP contribution in [0.1, 0.15) is 22.5 Å². The smallest absolute Gasteiger partial charge is 0.149 e. The summed E-state index contributed by atoms with van der Waals surface area (Å²) < 4.78 is 5.95. The highest BCUT2D eigenvalue weighted by Gasteiger charge is 2.08. The van der Waals surface area contributed by atoms with Gasteiger partial charge in [-0.3, -0.25) is 0 Å². The fourth-order valence-electron chi connectivity index (χ4n) is 3.03. The fraction of sp³-hybridized carbons (Fsp3) is 0.0833. The average molecular weight is 365 g/mol. The van der Waals surface area contributed by atoms with Gasteiger partial charge in [0.1, 0.15) is 24.3 Å². The molecule has 0 radical (unpaired) electrons. The molecule has 0 aliphatic rings. The average Bonchev–Trinajstić information content (AvgIpc) is 3.16. The molecule has 3 aromatic carbocycles. The minimum Gasteiger partial charge on any atom is -0.489 e. The zero-order valence-corrected chi connectivity index (χ0v) is 15.5. The molecule has 0 fully saturated rings. The summed E-state index contributed by atoms with van der Waals surface area (Å²) in [6.07, 6.45) is 1.82. The maximum Gasteiger partial charge on any atom is 0.149 e. The van der Waals surface area contributed by atoms with Gasteiger partial charge in [-0.25, -0.2) is 4.98 Å². The molecule has 0 amide bonds. The van der Waals surface area contributed by atoms with E-state index in [1.54, 1.807) is 0 Å². The molecule has 4 nitrogen and oxygen atoms in total. The van der Waals surface area contributed by atoms with Crippen LogP contribution in [0.3, 0.4) is 0 Å². The molecule has 1 heterocycles. The topological polar surface area (TPSA) is 61.7 Å². The maximum atomic E-state index is 9.61. The molecule has 4 aromatic rings. The molecule has 28 heavy (non-hydrogen) atoms. The van der Waals surface area contributed by atoms with Crippen molar-refractivity contribution in [2.45, 2.75) is 13.5 Å². The molecule has 1 N–H and O–H groups in total. The summed E-state index contributed by atoms with van der Waals surface area (Å²) in [5.41, 5.74) is 5.48. The Hall–Kier alpha value is -3.84. The van der Waals surface area contributed by atoms with E-state index < -0.39 is 0 Å². The Balaban J connectivity index is 1.57. The number of aromatic nitrogens is 2. The third-order valence-corrected chi connectivity index (χ3v) is 4.59. The number of benzene rings is 3. The van der Waals surface area contributed by atoms with Gasteiger partial charge in [0.25, 0.3) is 0 Å². The molecule has 0 saturated heterocycles. The first-order valence-corrected chi connectivity index (χ1v) is 9.07. The highest BCUT2D eigenvalue weighted by atomic mass is 16.5. The quantitative estimate of drug-likeness (QED) is 0.474. The summed E-state index contributed by atoms with van der Waals surface area (Å²) >= 11 is 0.